The van der Waals surface area contributed by atoms with E-state index >= 15 is 0 Å². The Balaban J connectivity index is 0. The van der Waals surface area contributed by atoms with Crippen LogP contribution in [-0.4, -0.2) is 45.5 Å². The SMILES string of the molecule is CCNC(=NCCCCC(F)(F)F)NCCOC.I. The van der Waals surface area contributed by atoms with E-state index in [1.165, 1.54) is 0 Å². The second kappa shape index (κ2) is 12.8. The zero-order valence-corrected chi connectivity index (χ0v) is 13.7. The van der Waals surface area contributed by atoms with Crippen molar-refractivity contribution in [3.8, 4) is 0 Å². The molecule has 19 heavy (non-hydrogen) atoms. The summed E-state index contributed by atoms with van der Waals surface area (Å²) >= 11 is 0. The smallest absolute Gasteiger partial charge is 0.383 e. The minimum Gasteiger partial charge on any atom is -0.383 e. The predicted octanol–water partition coefficient (Wildman–Crippen LogP) is 2.54. The van der Waals surface area contributed by atoms with Crippen LogP contribution in [0.1, 0.15) is 26.2 Å². The van der Waals surface area contributed by atoms with Gasteiger partial charge in [0, 0.05) is 33.2 Å². The fraction of sp³-hybridized carbons (Fsp3) is 0.909. The highest BCUT2D eigenvalue weighted by atomic mass is 127. The molecule has 8 heteroatoms. The highest BCUT2D eigenvalue weighted by Crippen LogP contribution is 2.21. The van der Waals surface area contributed by atoms with Gasteiger partial charge in [0.05, 0.1) is 6.61 Å². The fourth-order valence-corrected chi connectivity index (χ4v) is 1.24. The highest BCUT2D eigenvalue weighted by molar-refractivity contribution is 14.0. The third kappa shape index (κ3) is 15.7. The van der Waals surface area contributed by atoms with Crippen LogP contribution >= 0.6 is 24.0 Å². The Kier molecular flexibility index (Phi) is 14.1. The average molecular weight is 397 g/mol. The van der Waals surface area contributed by atoms with Gasteiger partial charge in [0.15, 0.2) is 5.96 Å². The molecule has 0 saturated heterocycles. The normalized spacial score (nSPS) is 11.9. The van der Waals surface area contributed by atoms with Crippen LogP contribution in [-0.2, 0) is 4.74 Å². The van der Waals surface area contributed by atoms with E-state index in [1.807, 2.05) is 6.92 Å². The monoisotopic (exact) mass is 397 g/mol. The zero-order chi connectivity index (χ0) is 13.9. The van der Waals surface area contributed by atoms with Crippen LogP contribution in [0.3, 0.4) is 0 Å². The van der Waals surface area contributed by atoms with Crippen LogP contribution in [0, 0.1) is 0 Å². The molecule has 0 aromatic rings. The second-order valence-corrected chi connectivity index (χ2v) is 3.75. The van der Waals surface area contributed by atoms with E-state index in [4.69, 9.17) is 4.74 Å². The maximum Gasteiger partial charge on any atom is 0.389 e. The van der Waals surface area contributed by atoms with E-state index in [0.717, 1.165) is 0 Å². The number of alkyl halides is 3. The van der Waals surface area contributed by atoms with E-state index in [9.17, 15) is 13.2 Å². The molecule has 0 aromatic carbocycles. The summed E-state index contributed by atoms with van der Waals surface area (Å²) in [5.41, 5.74) is 0. The topological polar surface area (TPSA) is 45.7 Å². The van der Waals surface area contributed by atoms with Gasteiger partial charge in [0.1, 0.15) is 0 Å². The number of nitrogens with zero attached hydrogens (tertiary/aromatic N) is 1. The first-order valence-electron chi connectivity index (χ1n) is 6.07. The van der Waals surface area contributed by atoms with Crippen molar-refractivity contribution in [2.45, 2.75) is 32.4 Å². The molecule has 4 nitrogen and oxygen atoms in total. The van der Waals surface area contributed by atoms with Crippen molar-refractivity contribution in [1.82, 2.24) is 10.6 Å². The molecule has 0 saturated carbocycles. The van der Waals surface area contributed by atoms with Gasteiger partial charge in [-0.1, -0.05) is 0 Å². The number of hydrogen-bond acceptors (Lipinski definition) is 2. The van der Waals surface area contributed by atoms with Crippen LogP contribution in [0.2, 0.25) is 0 Å². The number of rotatable bonds is 8. The lowest BCUT2D eigenvalue weighted by Gasteiger charge is -2.10. The Labute approximate surface area is 129 Å². The first-order valence-corrected chi connectivity index (χ1v) is 6.07. The molecule has 0 bridgehead atoms. The number of aliphatic imine (C=N–C) groups is 1. The Morgan fingerprint density at radius 2 is 1.89 bits per heavy atom. The molecule has 0 unspecified atom stereocenters. The molecule has 0 aliphatic rings. The quantitative estimate of drug-likeness (QED) is 0.287. The van der Waals surface area contributed by atoms with Crippen molar-refractivity contribution in [2.75, 3.05) is 33.4 Å². The number of unbranched alkanes of at least 4 members (excludes halogenated alkanes) is 1. The van der Waals surface area contributed by atoms with Crippen molar-refractivity contribution in [3.05, 3.63) is 0 Å². The van der Waals surface area contributed by atoms with Crippen LogP contribution in [0.25, 0.3) is 0 Å². The van der Waals surface area contributed by atoms with Crippen LogP contribution in [0.15, 0.2) is 4.99 Å². The highest BCUT2D eigenvalue weighted by Gasteiger charge is 2.25. The van der Waals surface area contributed by atoms with Crippen LogP contribution in [0.4, 0.5) is 13.2 Å². The first-order chi connectivity index (χ1) is 8.49. The van der Waals surface area contributed by atoms with Gasteiger partial charge in [0.2, 0.25) is 0 Å². The third-order valence-corrected chi connectivity index (χ3v) is 2.08. The van der Waals surface area contributed by atoms with Gasteiger partial charge in [-0.25, -0.2) is 0 Å². The van der Waals surface area contributed by atoms with Crippen molar-refractivity contribution < 1.29 is 17.9 Å². The summed E-state index contributed by atoms with van der Waals surface area (Å²) in [5.74, 6) is 0.613. The van der Waals surface area contributed by atoms with Crippen LogP contribution < -0.4 is 10.6 Å². The van der Waals surface area contributed by atoms with Crippen molar-refractivity contribution in [2.24, 2.45) is 4.99 Å². The van der Waals surface area contributed by atoms with E-state index in [2.05, 4.69) is 15.6 Å². The Morgan fingerprint density at radius 1 is 1.21 bits per heavy atom. The lowest BCUT2D eigenvalue weighted by Crippen LogP contribution is -2.39. The maximum atomic E-state index is 11.9. The molecule has 0 aliphatic carbocycles. The van der Waals surface area contributed by atoms with Crippen molar-refractivity contribution in [1.29, 1.82) is 0 Å². The molecule has 0 spiro atoms. The summed E-state index contributed by atoms with van der Waals surface area (Å²) in [6.07, 6.45) is -4.26. The van der Waals surface area contributed by atoms with Crippen LogP contribution in [0.5, 0.6) is 0 Å². The minimum atomic E-state index is -4.06. The second-order valence-electron chi connectivity index (χ2n) is 3.75. The number of hydrogen-bond donors (Lipinski definition) is 2. The molecule has 2 N–H and O–H groups in total. The van der Waals surface area contributed by atoms with Crippen molar-refractivity contribution in [3.63, 3.8) is 0 Å². The standard InChI is InChI=1S/C11H22F3N3O.HI/c1-3-15-10(17-8-9-18-2)16-7-5-4-6-11(12,13)14;/h3-9H2,1-2H3,(H2,15,16,17);1H. The van der Waals surface area contributed by atoms with Gasteiger partial charge in [-0.2, -0.15) is 13.2 Å². The Bertz CT molecular complexity index is 238. The number of methoxy groups -OCH3 is 1. The zero-order valence-electron chi connectivity index (χ0n) is 11.3. The lowest BCUT2D eigenvalue weighted by molar-refractivity contribution is -0.135. The lowest BCUT2D eigenvalue weighted by atomic mass is 10.2. The summed E-state index contributed by atoms with van der Waals surface area (Å²) in [6, 6.07) is 0. The van der Waals surface area contributed by atoms with Gasteiger partial charge >= 0.3 is 6.18 Å². The Hall–Kier alpha value is -0.250. The van der Waals surface area contributed by atoms with Crippen molar-refractivity contribution >= 4 is 29.9 Å². The Morgan fingerprint density at radius 3 is 2.42 bits per heavy atom. The van der Waals surface area contributed by atoms with E-state index in [-0.39, 0.29) is 30.4 Å². The number of halogens is 4. The van der Waals surface area contributed by atoms with Gasteiger partial charge < -0.3 is 15.4 Å². The molecular weight excluding hydrogens is 374 g/mol. The summed E-state index contributed by atoms with van der Waals surface area (Å²) in [7, 11) is 1.60. The molecule has 0 radical (unpaired) electrons. The molecule has 0 heterocycles. The number of ether oxygens (including phenoxy) is 1. The summed E-state index contributed by atoms with van der Waals surface area (Å²) in [5, 5.41) is 6.03. The third-order valence-electron chi connectivity index (χ3n) is 2.08. The maximum absolute atomic E-state index is 11.9. The molecule has 0 amide bonds. The molecule has 0 fully saturated rings. The predicted molar refractivity (Wildman–Crippen MR) is 81.2 cm³/mol. The van der Waals surface area contributed by atoms with Gasteiger partial charge in [-0.3, -0.25) is 4.99 Å². The van der Waals surface area contributed by atoms with Gasteiger partial charge in [-0.05, 0) is 19.8 Å². The molecule has 0 aromatic heterocycles. The largest absolute Gasteiger partial charge is 0.389 e. The van der Waals surface area contributed by atoms with Gasteiger partial charge in [0.25, 0.3) is 0 Å². The molecule has 0 rings (SSSR count). The summed E-state index contributed by atoms with van der Waals surface area (Å²) in [6.45, 7) is 4.19. The van der Waals surface area contributed by atoms with E-state index in [1.54, 1.807) is 7.11 Å². The van der Waals surface area contributed by atoms with Gasteiger partial charge in [-0.15, -0.1) is 24.0 Å². The first kappa shape index (κ1) is 21.1. The molecule has 116 valence electrons. The number of guanidine groups is 1. The minimum absolute atomic E-state index is 0. The molecular formula is C11H23F3IN3O. The number of nitrogens with one attached hydrogen (secondary N) is 2. The molecule has 0 atom stereocenters. The van der Waals surface area contributed by atoms with E-state index < -0.39 is 12.6 Å². The molecule has 0 aliphatic heterocycles. The van der Waals surface area contributed by atoms with E-state index in [0.29, 0.717) is 38.6 Å². The fourth-order valence-electron chi connectivity index (χ4n) is 1.24. The average Bonchev–Trinajstić information content (AvgIpc) is 2.27. The summed E-state index contributed by atoms with van der Waals surface area (Å²) < 4.78 is 40.6. The summed E-state index contributed by atoms with van der Waals surface area (Å²) in [4.78, 5) is 4.18.